The summed E-state index contributed by atoms with van der Waals surface area (Å²) in [6.45, 7) is 4.26. The predicted molar refractivity (Wildman–Crippen MR) is 96.4 cm³/mol. The summed E-state index contributed by atoms with van der Waals surface area (Å²) in [7, 11) is 0. The van der Waals surface area contributed by atoms with E-state index in [1.54, 1.807) is 6.92 Å². The first-order chi connectivity index (χ1) is 11.5. The summed E-state index contributed by atoms with van der Waals surface area (Å²) in [6, 6.07) is 6.70. The van der Waals surface area contributed by atoms with Crippen molar-refractivity contribution in [1.82, 2.24) is 10.6 Å². The van der Waals surface area contributed by atoms with Gasteiger partial charge in [-0.15, -0.1) is 0 Å². The molecule has 2 N–H and O–H groups in total. The normalized spacial score (nSPS) is 17.3. The minimum atomic E-state index is -0.514. The predicted octanol–water partition coefficient (Wildman–Crippen LogP) is 4.20. The average molecular weight is 395 g/mol. The smallest absolute Gasteiger partial charge is 0.338 e. The van der Waals surface area contributed by atoms with Crippen LogP contribution in [0.3, 0.4) is 0 Å². The number of unbranched alkanes of at least 4 members (excludes halogenated alkanes) is 3. The minimum Gasteiger partial charge on any atom is -0.462 e. The standard InChI is InChI=1S/C18H23BrN2O3/c1-3-4-5-6-10-24-17(22)15-12(2)20-18(23)21-16(15)13-8-7-9-14(19)11-13/h7-9,11,16H,3-6,10H2,1-2H3,(H2,20,21,23)/t16-/m1/s1. The summed E-state index contributed by atoms with van der Waals surface area (Å²) in [6.07, 6.45) is 4.18. The fourth-order valence-corrected chi connectivity index (χ4v) is 3.09. The second-order valence-electron chi connectivity index (χ2n) is 5.82. The van der Waals surface area contributed by atoms with Crippen molar-refractivity contribution in [3.63, 3.8) is 0 Å². The number of benzene rings is 1. The van der Waals surface area contributed by atoms with E-state index in [1.807, 2.05) is 24.3 Å². The number of halogens is 1. The highest BCUT2D eigenvalue weighted by atomic mass is 79.9. The van der Waals surface area contributed by atoms with Gasteiger partial charge in [0.05, 0.1) is 18.2 Å². The number of allylic oxidation sites excluding steroid dienone is 1. The Kier molecular flexibility index (Phi) is 6.85. The van der Waals surface area contributed by atoms with Crippen molar-refractivity contribution in [3.05, 3.63) is 45.6 Å². The monoisotopic (exact) mass is 394 g/mol. The molecule has 1 aliphatic rings. The molecule has 6 heteroatoms. The van der Waals surface area contributed by atoms with Gasteiger partial charge < -0.3 is 15.4 Å². The lowest BCUT2D eigenvalue weighted by Crippen LogP contribution is -2.45. The molecule has 0 aromatic heterocycles. The molecule has 0 saturated carbocycles. The van der Waals surface area contributed by atoms with E-state index < -0.39 is 6.04 Å². The minimum absolute atomic E-state index is 0.322. The number of carbonyl (C=O) groups is 2. The molecule has 0 radical (unpaired) electrons. The van der Waals surface area contributed by atoms with Gasteiger partial charge in [0.15, 0.2) is 0 Å². The molecule has 2 amide bonds. The number of hydrogen-bond donors (Lipinski definition) is 2. The fraction of sp³-hybridized carbons (Fsp3) is 0.444. The molecule has 0 aliphatic carbocycles. The Bertz CT molecular complexity index is 643. The van der Waals surface area contributed by atoms with Crippen LogP contribution < -0.4 is 10.6 Å². The van der Waals surface area contributed by atoms with Crippen LogP contribution in [0.25, 0.3) is 0 Å². The maximum atomic E-state index is 12.5. The summed E-state index contributed by atoms with van der Waals surface area (Å²) < 4.78 is 6.30. The third kappa shape index (κ3) is 4.84. The van der Waals surface area contributed by atoms with E-state index in [0.29, 0.717) is 17.9 Å². The van der Waals surface area contributed by atoms with E-state index in [9.17, 15) is 9.59 Å². The van der Waals surface area contributed by atoms with Crippen molar-refractivity contribution in [3.8, 4) is 0 Å². The van der Waals surface area contributed by atoms with E-state index in [4.69, 9.17) is 4.74 Å². The summed E-state index contributed by atoms with van der Waals surface area (Å²) >= 11 is 3.42. The third-order valence-corrected chi connectivity index (χ3v) is 4.40. The highest BCUT2D eigenvalue weighted by molar-refractivity contribution is 9.10. The maximum Gasteiger partial charge on any atom is 0.338 e. The fourth-order valence-electron chi connectivity index (χ4n) is 2.67. The number of urea groups is 1. The first kappa shape index (κ1) is 18.5. The van der Waals surface area contributed by atoms with Crippen molar-refractivity contribution in [2.45, 2.75) is 45.6 Å². The Labute approximate surface area is 151 Å². The zero-order chi connectivity index (χ0) is 17.5. The number of nitrogens with one attached hydrogen (secondary N) is 2. The van der Waals surface area contributed by atoms with E-state index in [2.05, 4.69) is 33.5 Å². The first-order valence-electron chi connectivity index (χ1n) is 8.23. The quantitative estimate of drug-likeness (QED) is 0.537. The summed E-state index contributed by atoms with van der Waals surface area (Å²) in [5.41, 5.74) is 1.81. The van der Waals surface area contributed by atoms with Crippen molar-refractivity contribution in [1.29, 1.82) is 0 Å². The Morgan fingerprint density at radius 2 is 2.08 bits per heavy atom. The van der Waals surface area contributed by atoms with Crippen molar-refractivity contribution < 1.29 is 14.3 Å². The molecule has 1 aromatic carbocycles. The molecule has 130 valence electrons. The van der Waals surface area contributed by atoms with Crippen molar-refractivity contribution in [2.75, 3.05) is 6.61 Å². The van der Waals surface area contributed by atoms with Gasteiger partial charge >= 0.3 is 12.0 Å². The molecule has 1 heterocycles. The molecule has 1 atom stereocenters. The van der Waals surface area contributed by atoms with E-state index >= 15 is 0 Å². The number of ether oxygens (including phenoxy) is 1. The largest absolute Gasteiger partial charge is 0.462 e. The van der Waals surface area contributed by atoms with E-state index in [-0.39, 0.29) is 12.0 Å². The molecule has 1 aromatic rings. The van der Waals surface area contributed by atoms with Crippen LogP contribution in [0, 0.1) is 0 Å². The molecule has 24 heavy (non-hydrogen) atoms. The molecular weight excluding hydrogens is 372 g/mol. The highest BCUT2D eigenvalue weighted by Gasteiger charge is 2.32. The topological polar surface area (TPSA) is 67.4 Å². The zero-order valence-electron chi connectivity index (χ0n) is 14.0. The van der Waals surface area contributed by atoms with Crippen LogP contribution in [0.4, 0.5) is 4.79 Å². The van der Waals surface area contributed by atoms with Gasteiger partial charge in [0.25, 0.3) is 0 Å². The number of carbonyl (C=O) groups excluding carboxylic acids is 2. The summed E-state index contributed by atoms with van der Waals surface area (Å²) in [4.78, 5) is 24.4. The van der Waals surface area contributed by atoms with Gasteiger partial charge in [-0.1, -0.05) is 54.2 Å². The van der Waals surface area contributed by atoms with E-state index in [0.717, 1.165) is 35.7 Å². The molecule has 5 nitrogen and oxygen atoms in total. The molecule has 0 saturated heterocycles. The summed E-state index contributed by atoms with van der Waals surface area (Å²) in [5, 5.41) is 5.45. The molecule has 0 bridgehead atoms. The highest BCUT2D eigenvalue weighted by Crippen LogP contribution is 2.29. The Hall–Kier alpha value is -1.82. The average Bonchev–Trinajstić information content (AvgIpc) is 2.53. The second-order valence-corrected chi connectivity index (χ2v) is 6.74. The van der Waals surface area contributed by atoms with Gasteiger partial charge in [-0.2, -0.15) is 0 Å². The number of rotatable bonds is 7. The van der Waals surface area contributed by atoms with Gasteiger partial charge in [-0.25, -0.2) is 9.59 Å². The van der Waals surface area contributed by atoms with E-state index in [1.165, 1.54) is 0 Å². The lowest BCUT2D eigenvalue weighted by Gasteiger charge is -2.28. The Morgan fingerprint density at radius 1 is 1.29 bits per heavy atom. The van der Waals surface area contributed by atoms with Gasteiger partial charge in [-0.3, -0.25) is 0 Å². The van der Waals surface area contributed by atoms with Crippen molar-refractivity contribution >= 4 is 27.9 Å². The lowest BCUT2D eigenvalue weighted by atomic mass is 9.96. The van der Waals surface area contributed by atoms with Gasteiger partial charge in [0.1, 0.15) is 0 Å². The third-order valence-electron chi connectivity index (χ3n) is 3.90. The van der Waals surface area contributed by atoms with Crippen LogP contribution in [0.15, 0.2) is 40.0 Å². The molecule has 1 aliphatic heterocycles. The Morgan fingerprint density at radius 3 is 2.79 bits per heavy atom. The van der Waals surface area contributed by atoms with Crippen LogP contribution in [0.2, 0.25) is 0 Å². The van der Waals surface area contributed by atoms with Crippen LogP contribution in [-0.2, 0) is 9.53 Å². The molecule has 2 rings (SSSR count). The molecule has 0 spiro atoms. The number of amides is 2. The van der Waals surface area contributed by atoms with Crippen LogP contribution in [-0.4, -0.2) is 18.6 Å². The molecule has 0 unspecified atom stereocenters. The van der Waals surface area contributed by atoms with Crippen molar-refractivity contribution in [2.24, 2.45) is 0 Å². The Balaban J connectivity index is 2.15. The summed E-state index contributed by atoms with van der Waals surface area (Å²) in [5.74, 6) is -0.388. The van der Waals surface area contributed by atoms with Gasteiger partial charge in [-0.05, 0) is 31.0 Å². The second kappa shape index (κ2) is 8.87. The zero-order valence-corrected chi connectivity index (χ0v) is 15.6. The number of hydrogen-bond acceptors (Lipinski definition) is 3. The van der Waals surface area contributed by atoms with Crippen LogP contribution >= 0.6 is 15.9 Å². The van der Waals surface area contributed by atoms with Gasteiger partial charge in [0, 0.05) is 10.2 Å². The van der Waals surface area contributed by atoms with Crippen LogP contribution in [0.1, 0.15) is 51.1 Å². The molecular formula is C18H23BrN2O3. The number of esters is 1. The van der Waals surface area contributed by atoms with Gasteiger partial charge in [0.2, 0.25) is 0 Å². The van der Waals surface area contributed by atoms with Crippen LogP contribution in [0.5, 0.6) is 0 Å². The SMILES string of the molecule is CCCCCCOC(=O)C1=C(C)NC(=O)N[C@@H]1c1cccc(Br)c1. The maximum absolute atomic E-state index is 12.5. The lowest BCUT2D eigenvalue weighted by molar-refractivity contribution is -0.139. The molecule has 0 fully saturated rings. The first-order valence-corrected chi connectivity index (χ1v) is 9.03.